The van der Waals surface area contributed by atoms with E-state index in [4.69, 9.17) is 10.8 Å². The third-order valence-electron chi connectivity index (χ3n) is 6.73. The van der Waals surface area contributed by atoms with Crippen molar-refractivity contribution in [2.24, 2.45) is 5.73 Å². The van der Waals surface area contributed by atoms with Gasteiger partial charge < -0.3 is 36.6 Å². The van der Waals surface area contributed by atoms with Crippen LogP contribution in [0.3, 0.4) is 0 Å². The highest BCUT2D eigenvalue weighted by molar-refractivity contribution is 5.94. The van der Waals surface area contributed by atoms with E-state index in [1.54, 1.807) is 42.5 Å². The summed E-state index contributed by atoms with van der Waals surface area (Å²) >= 11 is 0. The molecule has 40 heavy (non-hydrogen) atoms. The molecule has 4 unspecified atom stereocenters. The molecule has 1 fully saturated rings. The number of aromatic hydroxyl groups is 1. The summed E-state index contributed by atoms with van der Waals surface area (Å²) in [7, 11) is 0. The van der Waals surface area contributed by atoms with Crippen LogP contribution in [0.4, 0.5) is 0 Å². The van der Waals surface area contributed by atoms with Crippen LogP contribution in [0.25, 0.3) is 0 Å². The molecule has 3 rings (SSSR count). The van der Waals surface area contributed by atoms with Crippen LogP contribution in [-0.4, -0.2) is 80.6 Å². The largest absolute Gasteiger partial charge is 0.508 e. The van der Waals surface area contributed by atoms with E-state index in [0.29, 0.717) is 24.0 Å². The van der Waals surface area contributed by atoms with Crippen LogP contribution in [0.5, 0.6) is 5.75 Å². The Morgan fingerprint density at radius 2 is 1.48 bits per heavy atom. The van der Waals surface area contributed by atoms with Crippen molar-refractivity contribution < 1.29 is 39.3 Å². The Morgan fingerprint density at radius 3 is 2.10 bits per heavy atom. The molecule has 12 nitrogen and oxygen atoms in total. The van der Waals surface area contributed by atoms with E-state index >= 15 is 0 Å². The molecule has 1 saturated heterocycles. The number of carboxylic acids is 2. The molecule has 7 N–H and O–H groups in total. The first kappa shape index (κ1) is 30.1. The van der Waals surface area contributed by atoms with E-state index in [1.807, 2.05) is 0 Å². The highest BCUT2D eigenvalue weighted by Gasteiger charge is 2.38. The Labute approximate surface area is 231 Å². The van der Waals surface area contributed by atoms with Crippen molar-refractivity contribution in [1.82, 2.24) is 15.5 Å². The van der Waals surface area contributed by atoms with Crippen molar-refractivity contribution in [2.75, 3.05) is 6.54 Å². The number of phenols is 1. The van der Waals surface area contributed by atoms with Gasteiger partial charge in [0, 0.05) is 25.8 Å². The second-order valence-electron chi connectivity index (χ2n) is 9.75. The fraction of sp³-hybridized carbons (Fsp3) is 0.393. The average molecular weight is 555 g/mol. The molecule has 12 heteroatoms. The van der Waals surface area contributed by atoms with Crippen LogP contribution >= 0.6 is 0 Å². The minimum Gasteiger partial charge on any atom is -0.508 e. The maximum absolute atomic E-state index is 13.6. The van der Waals surface area contributed by atoms with E-state index in [0.717, 1.165) is 0 Å². The van der Waals surface area contributed by atoms with Crippen LogP contribution in [-0.2, 0) is 36.8 Å². The van der Waals surface area contributed by atoms with Crippen molar-refractivity contribution >= 4 is 29.7 Å². The monoisotopic (exact) mass is 554 g/mol. The van der Waals surface area contributed by atoms with Crippen molar-refractivity contribution in [3.05, 3.63) is 65.7 Å². The molecule has 0 aliphatic carbocycles. The molecular formula is C28H34N4O8. The van der Waals surface area contributed by atoms with Crippen molar-refractivity contribution in [3.8, 4) is 5.75 Å². The van der Waals surface area contributed by atoms with Gasteiger partial charge >= 0.3 is 11.9 Å². The molecule has 3 amide bonds. The Bertz CT molecular complexity index is 1200. The third-order valence-corrected chi connectivity index (χ3v) is 6.73. The van der Waals surface area contributed by atoms with Gasteiger partial charge in [-0.2, -0.15) is 0 Å². The Balaban J connectivity index is 1.85. The lowest BCUT2D eigenvalue weighted by atomic mass is 10.0. The number of carbonyl (C=O) groups excluding carboxylic acids is 3. The van der Waals surface area contributed by atoms with Gasteiger partial charge in [0.1, 0.15) is 23.9 Å². The lowest BCUT2D eigenvalue weighted by molar-refractivity contribution is -0.149. The fourth-order valence-corrected chi connectivity index (χ4v) is 4.58. The summed E-state index contributed by atoms with van der Waals surface area (Å²) in [4.78, 5) is 63.8. The van der Waals surface area contributed by atoms with Gasteiger partial charge in [0.05, 0.1) is 6.04 Å². The van der Waals surface area contributed by atoms with Gasteiger partial charge in [0.2, 0.25) is 17.7 Å². The van der Waals surface area contributed by atoms with Gasteiger partial charge in [0.25, 0.3) is 0 Å². The summed E-state index contributed by atoms with van der Waals surface area (Å²) in [5.74, 6) is -4.21. The summed E-state index contributed by atoms with van der Waals surface area (Å²) in [6, 6.07) is 10.4. The van der Waals surface area contributed by atoms with Crippen LogP contribution in [0.1, 0.15) is 36.8 Å². The molecule has 0 bridgehead atoms. The van der Waals surface area contributed by atoms with Crippen LogP contribution in [0.2, 0.25) is 0 Å². The standard InChI is InChI=1S/C28H34N4O8/c29-20(12-13-24(34)35)25(36)30-21(15-17-5-2-1-3-6-17)26(37)31-22(16-18-8-10-19(33)11-9-18)27(38)32-14-4-7-23(32)28(39)40/h1-3,5-6,8-11,20-23,33H,4,7,12-16,29H2,(H,30,36)(H,31,37)(H,34,35)(H,39,40). The maximum atomic E-state index is 13.6. The van der Waals surface area contributed by atoms with Crippen LogP contribution in [0, 0.1) is 0 Å². The third kappa shape index (κ3) is 8.53. The van der Waals surface area contributed by atoms with Crippen molar-refractivity contribution in [1.29, 1.82) is 0 Å². The highest BCUT2D eigenvalue weighted by Crippen LogP contribution is 2.20. The SMILES string of the molecule is NC(CCC(=O)O)C(=O)NC(Cc1ccccc1)C(=O)NC(Cc1ccc(O)cc1)C(=O)N1CCCC1C(=O)O. The van der Waals surface area contributed by atoms with Crippen molar-refractivity contribution in [2.45, 2.75) is 62.7 Å². The molecule has 4 atom stereocenters. The van der Waals surface area contributed by atoms with Gasteiger partial charge in [-0.15, -0.1) is 0 Å². The normalized spacial score (nSPS) is 16.9. The number of phenolic OH excluding ortho intramolecular Hbond substituents is 1. The molecule has 0 aromatic heterocycles. The fourth-order valence-electron chi connectivity index (χ4n) is 4.58. The lowest BCUT2D eigenvalue weighted by Gasteiger charge is -2.29. The van der Waals surface area contributed by atoms with Crippen LogP contribution in [0.15, 0.2) is 54.6 Å². The Kier molecular flexibility index (Phi) is 10.6. The number of nitrogens with one attached hydrogen (secondary N) is 2. The van der Waals surface area contributed by atoms with Crippen molar-refractivity contribution in [3.63, 3.8) is 0 Å². The maximum Gasteiger partial charge on any atom is 0.326 e. The molecule has 214 valence electrons. The zero-order valence-electron chi connectivity index (χ0n) is 21.9. The number of nitrogens with zero attached hydrogens (tertiary/aromatic N) is 1. The summed E-state index contributed by atoms with van der Waals surface area (Å²) in [6.45, 7) is 0.223. The number of likely N-dealkylation sites (tertiary alicyclic amines) is 1. The molecule has 0 spiro atoms. The first-order chi connectivity index (χ1) is 19.0. The van der Waals surface area contributed by atoms with Gasteiger partial charge in [-0.05, 0) is 42.5 Å². The molecule has 1 heterocycles. The number of benzene rings is 2. The predicted octanol–water partition coefficient (Wildman–Crippen LogP) is 0.415. The van der Waals surface area contributed by atoms with Gasteiger partial charge in [0.15, 0.2) is 0 Å². The first-order valence-corrected chi connectivity index (χ1v) is 13.0. The van der Waals surface area contributed by atoms with E-state index < -0.39 is 53.8 Å². The topological polar surface area (TPSA) is 199 Å². The number of amides is 3. The first-order valence-electron chi connectivity index (χ1n) is 13.0. The number of aliphatic carboxylic acids is 2. The number of hydrogen-bond donors (Lipinski definition) is 6. The number of carboxylic acid groups (broad SMARTS) is 2. The number of carbonyl (C=O) groups is 5. The van der Waals surface area contributed by atoms with Gasteiger partial charge in [-0.1, -0.05) is 42.5 Å². The minimum atomic E-state index is -1.17. The second kappa shape index (κ2) is 14.1. The molecular weight excluding hydrogens is 520 g/mol. The second-order valence-corrected chi connectivity index (χ2v) is 9.75. The predicted molar refractivity (Wildman–Crippen MR) is 143 cm³/mol. The number of hydrogen-bond acceptors (Lipinski definition) is 7. The average Bonchev–Trinajstić information content (AvgIpc) is 3.42. The quantitative estimate of drug-likeness (QED) is 0.203. The molecule has 1 aliphatic heterocycles. The summed E-state index contributed by atoms with van der Waals surface area (Å²) < 4.78 is 0. The molecule has 0 saturated carbocycles. The van der Waals surface area contributed by atoms with E-state index in [-0.39, 0.29) is 38.0 Å². The zero-order valence-corrected chi connectivity index (χ0v) is 21.9. The summed E-state index contributed by atoms with van der Waals surface area (Å²) in [5, 5.41) is 33.4. The van der Waals surface area contributed by atoms with E-state index in [2.05, 4.69) is 10.6 Å². The smallest absolute Gasteiger partial charge is 0.326 e. The highest BCUT2D eigenvalue weighted by atomic mass is 16.4. The number of nitrogens with two attached hydrogens (primary N) is 1. The number of rotatable bonds is 13. The molecule has 2 aromatic rings. The van der Waals surface area contributed by atoms with Gasteiger partial charge in [-0.3, -0.25) is 19.2 Å². The minimum absolute atomic E-state index is 0.0117. The van der Waals surface area contributed by atoms with Crippen LogP contribution < -0.4 is 16.4 Å². The Morgan fingerprint density at radius 1 is 0.875 bits per heavy atom. The molecule has 1 aliphatic rings. The lowest BCUT2D eigenvalue weighted by Crippen LogP contribution is -2.58. The van der Waals surface area contributed by atoms with Gasteiger partial charge in [-0.25, -0.2) is 4.79 Å². The van der Waals surface area contributed by atoms with E-state index in [9.17, 15) is 34.2 Å². The molecule has 2 aromatic carbocycles. The summed E-state index contributed by atoms with van der Waals surface area (Å²) in [5.41, 5.74) is 7.18. The summed E-state index contributed by atoms with van der Waals surface area (Å²) in [6.07, 6.45) is 0.414. The Hall–Kier alpha value is -4.45. The van der Waals surface area contributed by atoms with E-state index in [1.165, 1.54) is 17.0 Å². The zero-order chi connectivity index (χ0) is 29.2. The molecule has 0 radical (unpaired) electrons.